The Morgan fingerprint density at radius 1 is 0.895 bits per heavy atom. The van der Waals surface area contributed by atoms with Crippen molar-refractivity contribution in [1.82, 2.24) is 0 Å². The second-order valence-corrected chi connectivity index (χ2v) is 6.55. The quantitative estimate of drug-likeness (QED) is 0.429. The van der Waals surface area contributed by atoms with Crippen molar-refractivity contribution in [3.8, 4) is 0 Å². The summed E-state index contributed by atoms with van der Waals surface area (Å²) in [5.41, 5.74) is 0. The molecule has 0 amide bonds. The highest BCUT2D eigenvalue weighted by molar-refractivity contribution is 5.77. The number of quaternary nitrogens is 1. The fourth-order valence-electron chi connectivity index (χ4n) is 3.86. The minimum Gasteiger partial charge on any atom is -0.279 e. The van der Waals surface area contributed by atoms with Gasteiger partial charge in [-0.1, -0.05) is 45.4 Å². The molecule has 0 spiro atoms. The average molecular weight is 265 g/mol. The monoisotopic (exact) mass is 265 g/mol. The van der Waals surface area contributed by atoms with E-state index in [1.54, 1.807) is 5.84 Å². The standard InChI is InChI=1S/C17H33N2/c1-2-3-4-5-6-7-8-9-14-19-15-10-12-17(19)18-13-11-16-19/h2-16H2,1H3/q+1. The summed E-state index contributed by atoms with van der Waals surface area (Å²) < 4.78 is 1.29. The predicted octanol–water partition coefficient (Wildman–Crippen LogP) is 4.54. The van der Waals surface area contributed by atoms with Gasteiger partial charge in [-0.2, -0.15) is 0 Å². The number of hydrogen-bond acceptors (Lipinski definition) is 1. The van der Waals surface area contributed by atoms with Gasteiger partial charge in [-0.25, -0.2) is 4.99 Å². The molecule has 1 fully saturated rings. The van der Waals surface area contributed by atoms with Crippen molar-refractivity contribution >= 4 is 5.84 Å². The minimum atomic E-state index is 1.10. The molecule has 0 saturated carbocycles. The molecule has 2 rings (SSSR count). The van der Waals surface area contributed by atoms with E-state index in [1.807, 2.05) is 0 Å². The topological polar surface area (TPSA) is 12.4 Å². The fourth-order valence-corrected chi connectivity index (χ4v) is 3.86. The summed E-state index contributed by atoms with van der Waals surface area (Å²) in [5.74, 6) is 1.55. The van der Waals surface area contributed by atoms with Gasteiger partial charge >= 0.3 is 0 Å². The van der Waals surface area contributed by atoms with Crippen LogP contribution in [-0.2, 0) is 0 Å². The van der Waals surface area contributed by atoms with Gasteiger partial charge in [-0.05, 0) is 12.8 Å². The van der Waals surface area contributed by atoms with Crippen LogP contribution in [-0.4, -0.2) is 36.5 Å². The van der Waals surface area contributed by atoms with Crippen LogP contribution in [0.2, 0.25) is 0 Å². The van der Waals surface area contributed by atoms with Crippen LogP contribution in [0.1, 0.15) is 77.6 Å². The van der Waals surface area contributed by atoms with Crippen LogP contribution in [0.5, 0.6) is 0 Å². The third-order valence-corrected chi connectivity index (χ3v) is 5.01. The van der Waals surface area contributed by atoms with E-state index < -0.39 is 0 Å². The molecule has 2 heteroatoms. The second-order valence-electron chi connectivity index (χ2n) is 6.55. The van der Waals surface area contributed by atoms with Crippen molar-refractivity contribution in [3.63, 3.8) is 0 Å². The molecule has 0 aliphatic carbocycles. The fraction of sp³-hybridized carbons (Fsp3) is 0.941. The van der Waals surface area contributed by atoms with E-state index in [0.717, 1.165) is 6.54 Å². The third-order valence-electron chi connectivity index (χ3n) is 5.01. The van der Waals surface area contributed by atoms with Crippen molar-refractivity contribution in [2.45, 2.75) is 77.6 Å². The Morgan fingerprint density at radius 3 is 2.37 bits per heavy atom. The first-order chi connectivity index (χ1) is 9.37. The molecular weight excluding hydrogens is 232 g/mol. The van der Waals surface area contributed by atoms with E-state index in [2.05, 4.69) is 6.92 Å². The third kappa shape index (κ3) is 4.30. The lowest BCUT2D eigenvalue weighted by Crippen LogP contribution is -2.52. The number of fused-ring (bicyclic) bond motifs is 1. The molecule has 0 aromatic carbocycles. The summed E-state index contributed by atoms with van der Waals surface area (Å²) in [7, 11) is 0. The Bertz CT molecular complexity index is 285. The van der Waals surface area contributed by atoms with Crippen LogP contribution in [0.25, 0.3) is 0 Å². The van der Waals surface area contributed by atoms with E-state index in [4.69, 9.17) is 4.99 Å². The Kier molecular flexibility index (Phi) is 6.36. The smallest absolute Gasteiger partial charge is 0.198 e. The number of unbranched alkanes of at least 4 members (excludes halogenated alkanes) is 7. The molecule has 0 radical (unpaired) electrons. The molecular formula is C17H33N2+. The maximum atomic E-state index is 4.80. The molecule has 110 valence electrons. The summed E-state index contributed by atoms with van der Waals surface area (Å²) in [6.07, 6.45) is 15.5. The Morgan fingerprint density at radius 2 is 1.58 bits per heavy atom. The summed E-state index contributed by atoms with van der Waals surface area (Å²) in [6.45, 7) is 7.55. The van der Waals surface area contributed by atoms with Gasteiger partial charge in [0.15, 0.2) is 5.84 Å². The van der Waals surface area contributed by atoms with Crippen molar-refractivity contribution in [2.24, 2.45) is 4.99 Å². The van der Waals surface area contributed by atoms with Crippen LogP contribution in [0.3, 0.4) is 0 Å². The number of rotatable bonds is 9. The van der Waals surface area contributed by atoms with Gasteiger partial charge in [0.05, 0.1) is 19.6 Å². The highest BCUT2D eigenvalue weighted by Crippen LogP contribution is 2.27. The van der Waals surface area contributed by atoms with Crippen LogP contribution in [0.4, 0.5) is 0 Å². The molecule has 0 aromatic heterocycles. The van der Waals surface area contributed by atoms with Crippen LogP contribution >= 0.6 is 0 Å². The second kappa shape index (κ2) is 8.04. The Hall–Kier alpha value is -0.370. The number of amidine groups is 1. The largest absolute Gasteiger partial charge is 0.279 e. The Labute approximate surface area is 119 Å². The van der Waals surface area contributed by atoms with Gasteiger partial charge in [0.2, 0.25) is 0 Å². The van der Waals surface area contributed by atoms with Gasteiger partial charge in [-0.15, -0.1) is 0 Å². The highest BCUT2D eigenvalue weighted by Gasteiger charge is 2.39. The maximum Gasteiger partial charge on any atom is 0.198 e. The van der Waals surface area contributed by atoms with Gasteiger partial charge in [-0.3, -0.25) is 4.48 Å². The molecule has 0 N–H and O–H groups in total. The van der Waals surface area contributed by atoms with Crippen LogP contribution < -0.4 is 0 Å². The predicted molar refractivity (Wildman–Crippen MR) is 83.6 cm³/mol. The summed E-state index contributed by atoms with van der Waals surface area (Å²) >= 11 is 0. The molecule has 0 aromatic rings. The SMILES string of the molecule is CCCCCCCCCC[N+]12CCCN=C1CCC2. The van der Waals surface area contributed by atoms with E-state index in [9.17, 15) is 0 Å². The average Bonchev–Trinajstić information content (AvgIpc) is 2.86. The zero-order valence-corrected chi connectivity index (χ0v) is 13.0. The van der Waals surface area contributed by atoms with Gasteiger partial charge in [0.25, 0.3) is 0 Å². The maximum absolute atomic E-state index is 4.80. The first-order valence-electron chi connectivity index (χ1n) is 8.77. The molecule has 1 atom stereocenters. The van der Waals surface area contributed by atoms with Gasteiger partial charge < -0.3 is 0 Å². The van der Waals surface area contributed by atoms with E-state index in [1.165, 1.54) is 94.7 Å². The lowest BCUT2D eigenvalue weighted by Gasteiger charge is -2.36. The molecule has 2 nitrogen and oxygen atoms in total. The summed E-state index contributed by atoms with van der Waals surface area (Å²) in [5, 5.41) is 0. The minimum absolute atomic E-state index is 1.10. The number of hydrogen-bond donors (Lipinski definition) is 0. The van der Waals surface area contributed by atoms with Crippen molar-refractivity contribution in [1.29, 1.82) is 0 Å². The van der Waals surface area contributed by atoms with Crippen LogP contribution in [0, 0.1) is 0 Å². The number of nitrogens with zero attached hydrogens (tertiary/aromatic N) is 2. The van der Waals surface area contributed by atoms with Crippen molar-refractivity contribution in [2.75, 3.05) is 26.2 Å². The molecule has 1 unspecified atom stereocenters. The van der Waals surface area contributed by atoms with Gasteiger partial charge in [0, 0.05) is 25.8 Å². The number of aliphatic imine (C=N–C) groups is 1. The molecule has 0 bridgehead atoms. The highest BCUT2D eigenvalue weighted by atomic mass is 15.4. The van der Waals surface area contributed by atoms with E-state index in [-0.39, 0.29) is 0 Å². The molecule has 2 aliphatic heterocycles. The zero-order valence-electron chi connectivity index (χ0n) is 13.0. The van der Waals surface area contributed by atoms with Crippen molar-refractivity contribution < 1.29 is 4.48 Å². The first-order valence-corrected chi connectivity index (χ1v) is 8.77. The lowest BCUT2D eigenvalue weighted by atomic mass is 10.1. The van der Waals surface area contributed by atoms with Gasteiger partial charge in [0.1, 0.15) is 0 Å². The van der Waals surface area contributed by atoms with E-state index >= 15 is 0 Å². The molecule has 2 aliphatic rings. The summed E-state index contributed by atoms with van der Waals surface area (Å²) in [6, 6.07) is 0. The van der Waals surface area contributed by atoms with Crippen molar-refractivity contribution in [3.05, 3.63) is 0 Å². The normalized spacial score (nSPS) is 26.3. The zero-order chi connectivity index (χ0) is 13.4. The van der Waals surface area contributed by atoms with E-state index in [0.29, 0.717) is 0 Å². The van der Waals surface area contributed by atoms with Crippen LogP contribution in [0.15, 0.2) is 4.99 Å². The summed E-state index contributed by atoms with van der Waals surface area (Å²) in [4.78, 5) is 4.80. The lowest BCUT2D eigenvalue weighted by molar-refractivity contribution is -0.837. The molecule has 19 heavy (non-hydrogen) atoms. The molecule has 1 saturated heterocycles. The Balaban J connectivity index is 1.58. The first kappa shape index (κ1) is 15.0. The molecule has 2 heterocycles.